The van der Waals surface area contributed by atoms with Crippen LogP contribution in [-0.2, 0) is 14.8 Å². The number of halogens is 1. The number of benzene rings is 2. The van der Waals surface area contributed by atoms with Crippen LogP contribution in [-0.4, -0.2) is 33.4 Å². The average molecular weight is 429 g/mol. The summed E-state index contributed by atoms with van der Waals surface area (Å²) in [6.07, 6.45) is 3.00. The first kappa shape index (κ1) is 18.8. The highest BCUT2D eigenvalue weighted by molar-refractivity contribution is 9.10. The summed E-state index contributed by atoms with van der Waals surface area (Å²) in [7, 11) is -3.58. The zero-order chi connectivity index (χ0) is 17.7. The molecule has 0 fully saturated rings. The second-order valence-corrected chi connectivity index (χ2v) is 8.73. The third-order valence-electron chi connectivity index (χ3n) is 3.14. The molecule has 0 bridgehead atoms. The van der Waals surface area contributed by atoms with Crippen LogP contribution in [0, 0.1) is 0 Å². The van der Waals surface area contributed by atoms with E-state index in [1.807, 2.05) is 18.4 Å². The predicted molar refractivity (Wildman–Crippen MR) is 103 cm³/mol. The van der Waals surface area contributed by atoms with Gasteiger partial charge in [-0.3, -0.25) is 9.10 Å². The maximum absolute atomic E-state index is 12.3. The largest absolute Gasteiger partial charge is 0.324 e. The van der Waals surface area contributed by atoms with E-state index in [9.17, 15) is 13.2 Å². The van der Waals surface area contributed by atoms with Gasteiger partial charge in [0, 0.05) is 15.1 Å². The summed E-state index contributed by atoms with van der Waals surface area (Å²) in [5.74, 6) is -0.409. The molecule has 128 valence electrons. The summed E-state index contributed by atoms with van der Waals surface area (Å²) in [4.78, 5) is 13.2. The number of amides is 1. The Labute approximate surface area is 154 Å². The van der Waals surface area contributed by atoms with Crippen molar-refractivity contribution in [2.24, 2.45) is 0 Å². The van der Waals surface area contributed by atoms with E-state index in [1.54, 1.807) is 36.4 Å². The van der Waals surface area contributed by atoms with Crippen LogP contribution in [0.25, 0.3) is 0 Å². The standard InChI is InChI=1S/C16H17BrN2O3S2/c1-23-15-8-4-7-14(10-15)19(24(2,21)22)11-16(20)18-13-6-3-5-12(17)9-13/h3-10H,11H2,1-2H3,(H,18,20). The smallest absolute Gasteiger partial charge is 0.245 e. The lowest BCUT2D eigenvalue weighted by atomic mass is 10.3. The highest BCUT2D eigenvalue weighted by Crippen LogP contribution is 2.24. The van der Waals surface area contributed by atoms with Gasteiger partial charge in [0.15, 0.2) is 0 Å². The minimum Gasteiger partial charge on any atom is -0.324 e. The SMILES string of the molecule is CSc1cccc(N(CC(=O)Nc2cccc(Br)c2)S(C)(=O)=O)c1. The van der Waals surface area contributed by atoms with E-state index in [0.717, 1.165) is 19.9 Å². The molecule has 2 aromatic rings. The van der Waals surface area contributed by atoms with Crippen molar-refractivity contribution in [1.29, 1.82) is 0 Å². The second kappa shape index (κ2) is 8.04. The molecular formula is C16H17BrN2O3S2. The fourth-order valence-electron chi connectivity index (χ4n) is 2.06. The van der Waals surface area contributed by atoms with Crippen LogP contribution in [0.3, 0.4) is 0 Å². The van der Waals surface area contributed by atoms with E-state index in [-0.39, 0.29) is 6.54 Å². The summed E-state index contributed by atoms with van der Waals surface area (Å²) in [5.41, 5.74) is 1.06. The number of nitrogens with one attached hydrogen (secondary N) is 1. The van der Waals surface area contributed by atoms with Crippen LogP contribution in [0.15, 0.2) is 57.9 Å². The fraction of sp³-hybridized carbons (Fsp3) is 0.188. The fourth-order valence-corrected chi connectivity index (χ4v) is 3.76. The molecule has 8 heteroatoms. The molecule has 1 N–H and O–H groups in total. The molecule has 0 saturated heterocycles. The van der Waals surface area contributed by atoms with Crippen LogP contribution in [0.4, 0.5) is 11.4 Å². The Kier molecular flexibility index (Phi) is 6.31. The number of anilines is 2. The van der Waals surface area contributed by atoms with Crippen molar-refractivity contribution in [3.8, 4) is 0 Å². The normalized spacial score (nSPS) is 11.1. The summed E-state index contributed by atoms with van der Waals surface area (Å²) in [5, 5.41) is 2.70. The number of carbonyl (C=O) groups excluding carboxylic acids is 1. The van der Waals surface area contributed by atoms with Crippen molar-refractivity contribution in [2.75, 3.05) is 28.7 Å². The van der Waals surface area contributed by atoms with E-state index in [1.165, 1.54) is 11.8 Å². The zero-order valence-electron chi connectivity index (χ0n) is 13.2. The quantitative estimate of drug-likeness (QED) is 0.713. The molecule has 0 atom stereocenters. The van der Waals surface area contributed by atoms with Crippen LogP contribution >= 0.6 is 27.7 Å². The Bertz CT molecular complexity index is 841. The van der Waals surface area contributed by atoms with Crippen molar-refractivity contribution < 1.29 is 13.2 Å². The van der Waals surface area contributed by atoms with Gasteiger partial charge in [0.25, 0.3) is 0 Å². The zero-order valence-corrected chi connectivity index (χ0v) is 16.4. The van der Waals surface area contributed by atoms with Crippen LogP contribution in [0.1, 0.15) is 0 Å². The Morgan fingerprint density at radius 1 is 1.21 bits per heavy atom. The van der Waals surface area contributed by atoms with Crippen molar-refractivity contribution in [1.82, 2.24) is 0 Å². The van der Waals surface area contributed by atoms with Crippen LogP contribution in [0.5, 0.6) is 0 Å². The van der Waals surface area contributed by atoms with Gasteiger partial charge in [-0.1, -0.05) is 28.1 Å². The third kappa shape index (κ3) is 5.25. The van der Waals surface area contributed by atoms with Gasteiger partial charge in [-0.25, -0.2) is 8.42 Å². The molecular weight excluding hydrogens is 412 g/mol. The molecule has 5 nitrogen and oxygen atoms in total. The topological polar surface area (TPSA) is 66.5 Å². The van der Waals surface area contributed by atoms with Crippen molar-refractivity contribution in [3.63, 3.8) is 0 Å². The first-order chi connectivity index (χ1) is 11.3. The summed E-state index contributed by atoms with van der Waals surface area (Å²) >= 11 is 4.83. The maximum Gasteiger partial charge on any atom is 0.245 e. The van der Waals surface area contributed by atoms with Gasteiger partial charge in [-0.15, -0.1) is 11.8 Å². The average Bonchev–Trinajstić information content (AvgIpc) is 2.51. The van der Waals surface area contributed by atoms with E-state index in [4.69, 9.17) is 0 Å². The summed E-state index contributed by atoms with van der Waals surface area (Å²) in [6, 6.07) is 14.2. The second-order valence-electron chi connectivity index (χ2n) is 5.03. The van der Waals surface area contributed by atoms with Gasteiger partial charge in [0.2, 0.25) is 15.9 Å². The Balaban J connectivity index is 2.21. The minimum absolute atomic E-state index is 0.289. The Morgan fingerprint density at radius 2 is 1.92 bits per heavy atom. The molecule has 0 heterocycles. The molecule has 2 rings (SSSR count). The Morgan fingerprint density at radius 3 is 2.54 bits per heavy atom. The van der Waals surface area contributed by atoms with E-state index < -0.39 is 15.9 Å². The van der Waals surface area contributed by atoms with E-state index in [0.29, 0.717) is 11.4 Å². The number of hydrogen-bond acceptors (Lipinski definition) is 4. The lowest BCUT2D eigenvalue weighted by Crippen LogP contribution is -2.37. The summed E-state index contributed by atoms with van der Waals surface area (Å²) < 4.78 is 26.1. The molecule has 0 aliphatic heterocycles. The van der Waals surface area contributed by atoms with Crippen LogP contribution in [0.2, 0.25) is 0 Å². The predicted octanol–water partition coefficient (Wildman–Crippen LogP) is 3.58. The van der Waals surface area contributed by atoms with Gasteiger partial charge in [0.1, 0.15) is 6.54 Å². The molecule has 0 spiro atoms. The van der Waals surface area contributed by atoms with Gasteiger partial charge >= 0.3 is 0 Å². The van der Waals surface area contributed by atoms with Crippen LogP contribution < -0.4 is 9.62 Å². The minimum atomic E-state index is -3.58. The molecule has 0 saturated carbocycles. The molecule has 0 aromatic heterocycles. The molecule has 0 aliphatic carbocycles. The van der Waals surface area contributed by atoms with Gasteiger partial charge in [-0.05, 0) is 42.7 Å². The molecule has 1 amide bonds. The first-order valence-corrected chi connectivity index (χ1v) is 10.8. The monoisotopic (exact) mass is 428 g/mol. The van der Waals surface area contributed by atoms with Gasteiger partial charge in [-0.2, -0.15) is 0 Å². The molecule has 0 radical (unpaired) electrons. The number of carbonyl (C=O) groups is 1. The molecule has 2 aromatic carbocycles. The maximum atomic E-state index is 12.3. The summed E-state index contributed by atoms with van der Waals surface area (Å²) in [6.45, 7) is -0.289. The Hall–Kier alpha value is -1.51. The third-order valence-corrected chi connectivity index (χ3v) is 5.50. The lowest BCUT2D eigenvalue weighted by Gasteiger charge is -2.22. The molecule has 24 heavy (non-hydrogen) atoms. The molecule has 0 unspecified atom stereocenters. The number of sulfonamides is 1. The number of rotatable bonds is 6. The van der Waals surface area contributed by atoms with Crippen molar-refractivity contribution >= 4 is 55.0 Å². The van der Waals surface area contributed by atoms with E-state index >= 15 is 0 Å². The number of nitrogens with zero attached hydrogens (tertiary/aromatic N) is 1. The lowest BCUT2D eigenvalue weighted by molar-refractivity contribution is -0.114. The molecule has 0 aliphatic rings. The highest BCUT2D eigenvalue weighted by Gasteiger charge is 2.21. The number of thioether (sulfide) groups is 1. The van der Waals surface area contributed by atoms with E-state index in [2.05, 4.69) is 21.2 Å². The van der Waals surface area contributed by atoms with Crippen molar-refractivity contribution in [3.05, 3.63) is 53.0 Å². The number of hydrogen-bond donors (Lipinski definition) is 1. The van der Waals surface area contributed by atoms with Crippen molar-refractivity contribution in [2.45, 2.75) is 4.90 Å². The first-order valence-electron chi connectivity index (χ1n) is 6.97. The van der Waals surface area contributed by atoms with Gasteiger partial charge < -0.3 is 5.32 Å². The van der Waals surface area contributed by atoms with Gasteiger partial charge in [0.05, 0.1) is 11.9 Å². The highest BCUT2D eigenvalue weighted by atomic mass is 79.9.